The number of unbranched alkanes of at least 4 members (excludes halogenated alkanes) is 1. The fourth-order valence-electron chi connectivity index (χ4n) is 4.99. The van der Waals surface area contributed by atoms with Crippen LogP contribution in [0.25, 0.3) is 10.9 Å². The van der Waals surface area contributed by atoms with Crippen LogP contribution in [0.15, 0.2) is 90.0 Å². The molecule has 1 saturated heterocycles. The number of carbonyl (C=O) groups is 1. The van der Waals surface area contributed by atoms with E-state index in [-0.39, 0.29) is 16.6 Å². The highest BCUT2D eigenvalue weighted by molar-refractivity contribution is 7.90. The first-order chi connectivity index (χ1) is 19.4. The maximum atomic E-state index is 13.2. The third-order valence-corrected chi connectivity index (χ3v) is 8.93. The fraction of sp³-hybridized carbons (Fsp3) is 0.312. The lowest BCUT2D eigenvalue weighted by molar-refractivity contribution is 0.0628. The Bertz CT molecular complexity index is 1560. The summed E-state index contributed by atoms with van der Waals surface area (Å²) >= 11 is 0. The average molecular weight is 558 g/mol. The van der Waals surface area contributed by atoms with Crippen molar-refractivity contribution in [2.75, 3.05) is 32.8 Å². The van der Waals surface area contributed by atoms with E-state index >= 15 is 0 Å². The Labute approximate surface area is 236 Å². The summed E-state index contributed by atoms with van der Waals surface area (Å²) in [6.07, 6.45) is 3.76. The molecule has 7 nitrogen and oxygen atoms in total. The third kappa shape index (κ3) is 6.69. The molecule has 0 bridgehead atoms. The lowest BCUT2D eigenvalue weighted by Crippen LogP contribution is -2.48. The van der Waals surface area contributed by atoms with Crippen LogP contribution in [0.1, 0.15) is 41.3 Å². The molecular weight excluding hydrogens is 522 g/mol. The normalized spacial score (nSPS) is 14.4. The molecule has 3 aromatic carbocycles. The monoisotopic (exact) mass is 557 g/mol. The van der Waals surface area contributed by atoms with E-state index in [2.05, 4.69) is 28.9 Å². The van der Waals surface area contributed by atoms with Gasteiger partial charge in [0.2, 0.25) is 0 Å². The molecule has 1 fully saturated rings. The zero-order valence-corrected chi connectivity index (χ0v) is 23.6. The lowest BCUT2D eigenvalue weighted by Gasteiger charge is -2.34. The smallest absolute Gasteiger partial charge is 0.253 e. The lowest BCUT2D eigenvalue weighted by atomic mass is 10.1. The summed E-state index contributed by atoms with van der Waals surface area (Å²) in [5, 5.41) is 0.787. The summed E-state index contributed by atoms with van der Waals surface area (Å²) in [7, 11) is -3.61. The van der Waals surface area contributed by atoms with Crippen molar-refractivity contribution in [3.05, 3.63) is 102 Å². The minimum atomic E-state index is -3.61. The third-order valence-electron chi connectivity index (χ3n) is 7.22. The fourth-order valence-corrected chi connectivity index (χ4v) is 6.52. The maximum absolute atomic E-state index is 13.2. The summed E-state index contributed by atoms with van der Waals surface area (Å²) in [5.74, 6) is 0.726. The number of aromatic nitrogens is 1. The molecule has 1 aliphatic rings. The number of pyridine rings is 1. The number of nitrogens with zero attached hydrogens (tertiary/aromatic N) is 3. The Hall–Kier alpha value is -3.75. The molecule has 4 aromatic rings. The van der Waals surface area contributed by atoms with E-state index < -0.39 is 9.84 Å². The van der Waals surface area contributed by atoms with Gasteiger partial charge in [0.05, 0.1) is 22.8 Å². The van der Waals surface area contributed by atoms with Crippen LogP contribution in [0.2, 0.25) is 0 Å². The Morgan fingerprint density at radius 3 is 2.42 bits per heavy atom. The van der Waals surface area contributed by atoms with Gasteiger partial charge in [0.25, 0.3) is 5.91 Å². The first-order valence-corrected chi connectivity index (χ1v) is 15.5. The van der Waals surface area contributed by atoms with Crippen molar-refractivity contribution in [2.45, 2.75) is 37.0 Å². The van der Waals surface area contributed by atoms with Gasteiger partial charge >= 0.3 is 0 Å². The number of fused-ring (bicyclic) bond motifs is 1. The predicted molar refractivity (Wildman–Crippen MR) is 157 cm³/mol. The molecule has 0 unspecified atom stereocenters. The summed E-state index contributed by atoms with van der Waals surface area (Å²) < 4.78 is 32.2. The molecule has 0 atom stereocenters. The predicted octanol–water partition coefficient (Wildman–Crippen LogP) is 5.35. The number of hydrogen-bond acceptors (Lipinski definition) is 6. The number of ether oxygens (including phenoxy) is 1. The summed E-state index contributed by atoms with van der Waals surface area (Å²) in [4.78, 5) is 21.9. The van der Waals surface area contributed by atoms with Crippen molar-refractivity contribution >= 4 is 26.6 Å². The zero-order chi connectivity index (χ0) is 28.0. The van der Waals surface area contributed by atoms with Crippen LogP contribution >= 0.6 is 0 Å². The van der Waals surface area contributed by atoms with Gasteiger partial charge in [-0.05, 0) is 53.9 Å². The van der Waals surface area contributed by atoms with Crippen molar-refractivity contribution in [3.63, 3.8) is 0 Å². The highest BCUT2D eigenvalue weighted by Gasteiger charge is 2.23. The number of hydrogen-bond donors (Lipinski definition) is 0. The highest BCUT2D eigenvalue weighted by Crippen LogP contribution is 2.24. The second kappa shape index (κ2) is 12.6. The van der Waals surface area contributed by atoms with Crippen LogP contribution in [0.4, 0.5) is 0 Å². The molecular formula is C32H35N3O4S. The molecule has 1 aromatic heterocycles. The SMILES string of the molecule is CCCCOc1cccc(CN2CCN(C(=O)c3ccc(CS(=O)(=O)c4cccc5cccnc45)cc3)CC2)c1. The van der Waals surface area contributed by atoms with Crippen molar-refractivity contribution in [1.82, 2.24) is 14.8 Å². The molecule has 5 rings (SSSR count). The van der Waals surface area contributed by atoms with Gasteiger partial charge in [0.15, 0.2) is 9.84 Å². The van der Waals surface area contributed by atoms with Crippen LogP contribution in [0.3, 0.4) is 0 Å². The van der Waals surface area contributed by atoms with Crippen molar-refractivity contribution in [2.24, 2.45) is 0 Å². The molecule has 40 heavy (non-hydrogen) atoms. The van der Waals surface area contributed by atoms with Crippen LogP contribution in [0, 0.1) is 0 Å². The van der Waals surface area contributed by atoms with Crippen LogP contribution in [-0.2, 0) is 22.1 Å². The van der Waals surface area contributed by atoms with E-state index in [1.54, 1.807) is 48.7 Å². The summed E-state index contributed by atoms with van der Waals surface area (Å²) in [5.41, 5.74) is 2.89. The molecule has 1 aliphatic heterocycles. The maximum Gasteiger partial charge on any atom is 0.253 e. The number of amides is 1. The van der Waals surface area contributed by atoms with E-state index in [4.69, 9.17) is 4.74 Å². The molecule has 1 amide bonds. The molecule has 208 valence electrons. The second-order valence-corrected chi connectivity index (χ2v) is 12.2. The second-order valence-electron chi connectivity index (χ2n) is 10.2. The number of sulfone groups is 1. The summed E-state index contributed by atoms with van der Waals surface area (Å²) in [6.45, 7) is 6.59. The topological polar surface area (TPSA) is 79.8 Å². The van der Waals surface area contributed by atoms with Gasteiger partial charge in [-0.25, -0.2) is 8.42 Å². The molecule has 0 N–H and O–H groups in total. The van der Waals surface area contributed by atoms with Gasteiger partial charge in [0.1, 0.15) is 5.75 Å². The van der Waals surface area contributed by atoms with Crippen LogP contribution in [0.5, 0.6) is 5.75 Å². The zero-order valence-electron chi connectivity index (χ0n) is 22.8. The van der Waals surface area contributed by atoms with Gasteiger partial charge in [-0.15, -0.1) is 0 Å². The molecule has 0 saturated carbocycles. The van der Waals surface area contributed by atoms with Crippen molar-refractivity contribution in [1.29, 1.82) is 0 Å². The van der Waals surface area contributed by atoms with E-state index in [0.717, 1.165) is 50.2 Å². The van der Waals surface area contributed by atoms with Gasteiger partial charge in [-0.1, -0.05) is 55.8 Å². The quantitative estimate of drug-likeness (QED) is 0.245. The number of benzene rings is 3. The Morgan fingerprint density at radius 1 is 0.900 bits per heavy atom. The van der Waals surface area contributed by atoms with Gasteiger partial charge < -0.3 is 9.64 Å². The average Bonchev–Trinajstić information content (AvgIpc) is 2.97. The van der Waals surface area contributed by atoms with E-state index in [0.29, 0.717) is 29.7 Å². The minimum absolute atomic E-state index is 0.0290. The number of piperazine rings is 1. The number of para-hydroxylation sites is 1. The first kappa shape index (κ1) is 27.8. The van der Waals surface area contributed by atoms with Gasteiger partial charge in [-0.2, -0.15) is 0 Å². The number of carbonyl (C=O) groups excluding carboxylic acids is 1. The highest BCUT2D eigenvalue weighted by atomic mass is 32.2. The molecule has 0 spiro atoms. The van der Waals surface area contributed by atoms with E-state index in [9.17, 15) is 13.2 Å². The van der Waals surface area contributed by atoms with E-state index in [1.165, 1.54) is 5.56 Å². The molecule has 0 radical (unpaired) electrons. The Kier molecular flexibility index (Phi) is 8.77. The van der Waals surface area contributed by atoms with Gasteiger partial charge in [0, 0.05) is 49.9 Å². The van der Waals surface area contributed by atoms with Crippen LogP contribution in [-0.4, -0.2) is 61.9 Å². The van der Waals surface area contributed by atoms with E-state index in [1.807, 2.05) is 29.2 Å². The molecule has 2 heterocycles. The van der Waals surface area contributed by atoms with Gasteiger partial charge in [-0.3, -0.25) is 14.7 Å². The minimum Gasteiger partial charge on any atom is -0.494 e. The molecule has 0 aliphatic carbocycles. The first-order valence-electron chi connectivity index (χ1n) is 13.8. The van der Waals surface area contributed by atoms with Crippen LogP contribution < -0.4 is 4.74 Å². The number of rotatable bonds is 10. The largest absolute Gasteiger partial charge is 0.494 e. The summed E-state index contributed by atoms with van der Waals surface area (Å²) in [6, 6.07) is 24.0. The Balaban J connectivity index is 1.16. The van der Waals surface area contributed by atoms with Crippen molar-refractivity contribution < 1.29 is 17.9 Å². The molecule has 8 heteroatoms. The van der Waals surface area contributed by atoms with Crippen molar-refractivity contribution in [3.8, 4) is 5.75 Å². The Morgan fingerprint density at radius 2 is 1.65 bits per heavy atom. The standard InChI is InChI=1S/C32H35N3O4S/c1-2-3-21-39-29-10-4-7-26(22-29)23-34-17-19-35(20-18-34)32(36)28-14-12-25(13-15-28)24-40(37,38)30-11-5-8-27-9-6-16-33-31(27)30/h4-16,22H,2-3,17-21,23-24H2,1H3.